The predicted octanol–water partition coefficient (Wildman–Crippen LogP) is 1.37. The Morgan fingerprint density at radius 3 is 2.73 bits per heavy atom. The van der Waals surface area contributed by atoms with Gasteiger partial charge in [0.05, 0.1) is 5.60 Å². The summed E-state index contributed by atoms with van der Waals surface area (Å²) < 4.78 is 6.00. The summed E-state index contributed by atoms with van der Waals surface area (Å²) in [6, 6.07) is 0.372. The number of rotatable bonds is 2. The molecule has 0 aromatic rings. The lowest BCUT2D eigenvalue weighted by atomic mass is 9.82. The molecule has 2 rings (SSSR count). The molecule has 1 spiro atoms. The Hall–Kier alpha value is -0.120. The minimum atomic E-state index is 0.141. The number of ether oxygens (including phenoxy) is 1. The molecule has 2 aliphatic rings. The topological polar surface area (TPSA) is 38.5 Å². The Labute approximate surface area is 93.0 Å². The van der Waals surface area contributed by atoms with Gasteiger partial charge in [-0.3, -0.25) is 0 Å². The molecule has 1 atom stereocenters. The molecule has 2 saturated heterocycles. The van der Waals surface area contributed by atoms with Gasteiger partial charge < -0.3 is 15.4 Å². The monoisotopic (exact) mass is 212 g/mol. The highest BCUT2D eigenvalue weighted by molar-refractivity contribution is 4.93. The van der Waals surface area contributed by atoms with E-state index >= 15 is 0 Å². The lowest BCUT2D eigenvalue weighted by Gasteiger charge is -2.45. The van der Waals surface area contributed by atoms with E-state index < -0.39 is 0 Å². The third kappa shape index (κ3) is 2.71. The van der Waals surface area contributed by atoms with Gasteiger partial charge in [-0.2, -0.15) is 0 Å². The Balaban J connectivity index is 1.85. The van der Waals surface area contributed by atoms with E-state index in [2.05, 4.69) is 11.8 Å². The Kier molecular flexibility index (Phi) is 3.65. The van der Waals surface area contributed by atoms with E-state index in [0.717, 1.165) is 19.4 Å². The quantitative estimate of drug-likeness (QED) is 0.751. The van der Waals surface area contributed by atoms with Crippen LogP contribution in [0.4, 0.5) is 0 Å². The normalized spacial score (nSPS) is 32.0. The fourth-order valence-electron chi connectivity index (χ4n) is 2.91. The van der Waals surface area contributed by atoms with Gasteiger partial charge in [-0.1, -0.05) is 6.92 Å². The van der Waals surface area contributed by atoms with E-state index in [1.54, 1.807) is 0 Å². The second-order valence-electron chi connectivity index (χ2n) is 5.13. The zero-order valence-electron chi connectivity index (χ0n) is 9.87. The van der Waals surface area contributed by atoms with Crippen molar-refractivity contribution in [1.29, 1.82) is 0 Å². The van der Waals surface area contributed by atoms with Crippen LogP contribution in [0.5, 0.6) is 0 Å². The first-order chi connectivity index (χ1) is 7.24. The first kappa shape index (κ1) is 11.4. The van der Waals surface area contributed by atoms with E-state index in [0.29, 0.717) is 6.04 Å². The van der Waals surface area contributed by atoms with Crippen molar-refractivity contribution in [1.82, 2.24) is 4.90 Å². The average Bonchev–Trinajstić information content (AvgIpc) is 2.22. The fraction of sp³-hybridized carbons (Fsp3) is 1.00. The minimum absolute atomic E-state index is 0.141. The summed E-state index contributed by atoms with van der Waals surface area (Å²) >= 11 is 0. The number of likely N-dealkylation sites (tertiary alicyclic amines) is 1. The summed E-state index contributed by atoms with van der Waals surface area (Å²) in [7, 11) is 0. The highest BCUT2D eigenvalue weighted by Gasteiger charge is 2.38. The van der Waals surface area contributed by atoms with Gasteiger partial charge in [-0.25, -0.2) is 0 Å². The molecule has 2 heterocycles. The van der Waals surface area contributed by atoms with Crippen LogP contribution < -0.4 is 5.73 Å². The zero-order chi connectivity index (χ0) is 10.7. The van der Waals surface area contributed by atoms with Crippen LogP contribution >= 0.6 is 0 Å². The number of nitrogens with two attached hydrogens (primary N) is 1. The van der Waals surface area contributed by atoms with Crippen LogP contribution in [0.25, 0.3) is 0 Å². The van der Waals surface area contributed by atoms with E-state index in [4.69, 9.17) is 10.5 Å². The maximum Gasteiger partial charge on any atom is 0.0721 e. The molecular weight excluding hydrogens is 188 g/mol. The third-order valence-electron chi connectivity index (χ3n) is 3.84. The molecule has 0 aliphatic carbocycles. The van der Waals surface area contributed by atoms with E-state index in [1.807, 2.05) is 0 Å². The standard InChI is InChI=1S/C12H24N2O/c1-2-6-14-7-4-12(5-8-14)10-11(13)3-9-15-12/h11H,2-10,13H2,1H3/t11-/m0/s1. The summed E-state index contributed by atoms with van der Waals surface area (Å²) in [4.78, 5) is 2.55. The van der Waals surface area contributed by atoms with Crippen LogP contribution in [0.15, 0.2) is 0 Å². The van der Waals surface area contributed by atoms with Crippen LogP contribution in [-0.4, -0.2) is 42.8 Å². The molecule has 15 heavy (non-hydrogen) atoms. The maximum atomic E-state index is 6.04. The molecule has 0 radical (unpaired) electrons. The van der Waals surface area contributed by atoms with Crippen LogP contribution in [0.2, 0.25) is 0 Å². The van der Waals surface area contributed by atoms with Crippen molar-refractivity contribution < 1.29 is 4.74 Å². The fourth-order valence-corrected chi connectivity index (χ4v) is 2.91. The molecule has 88 valence electrons. The first-order valence-electron chi connectivity index (χ1n) is 6.36. The highest BCUT2D eigenvalue weighted by atomic mass is 16.5. The van der Waals surface area contributed by atoms with Gasteiger partial charge in [0.15, 0.2) is 0 Å². The lowest BCUT2D eigenvalue weighted by Crippen LogP contribution is -2.52. The molecule has 0 amide bonds. The van der Waals surface area contributed by atoms with Crippen molar-refractivity contribution in [2.45, 2.75) is 50.7 Å². The second kappa shape index (κ2) is 4.81. The van der Waals surface area contributed by atoms with Gasteiger partial charge >= 0.3 is 0 Å². The van der Waals surface area contributed by atoms with Crippen molar-refractivity contribution >= 4 is 0 Å². The van der Waals surface area contributed by atoms with Crippen LogP contribution in [0.3, 0.4) is 0 Å². The number of hydrogen-bond donors (Lipinski definition) is 1. The molecule has 0 bridgehead atoms. The zero-order valence-corrected chi connectivity index (χ0v) is 9.87. The Bertz CT molecular complexity index is 200. The molecule has 0 aromatic heterocycles. The van der Waals surface area contributed by atoms with Crippen LogP contribution in [0, 0.1) is 0 Å². The summed E-state index contributed by atoms with van der Waals surface area (Å²) in [5.41, 5.74) is 6.18. The molecule has 2 fully saturated rings. The van der Waals surface area contributed by atoms with Gasteiger partial charge in [-0.05, 0) is 38.6 Å². The molecule has 3 heteroatoms. The van der Waals surface area contributed by atoms with Crippen molar-refractivity contribution in [3.63, 3.8) is 0 Å². The Morgan fingerprint density at radius 1 is 1.40 bits per heavy atom. The van der Waals surface area contributed by atoms with Crippen molar-refractivity contribution in [2.75, 3.05) is 26.2 Å². The molecule has 2 aliphatic heterocycles. The summed E-state index contributed by atoms with van der Waals surface area (Å²) in [6.45, 7) is 6.75. The second-order valence-corrected chi connectivity index (χ2v) is 5.13. The molecule has 3 nitrogen and oxygen atoms in total. The third-order valence-corrected chi connectivity index (χ3v) is 3.84. The minimum Gasteiger partial charge on any atom is -0.375 e. The summed E-state index contributed by atoms with van der Waals surface area (Å²) in [5, 5.41) is 0. The number of hydrogen-bond acceptors (Lipinski definition) is 3. The number of nitrogens with zero attached hydrogens (tertiary/aromatic N) is 1. The summed E-state index contributed by atoms with van der Waals surface area (Å²) in [5.74, 6) is 0. The van der Waals surface area contributed by atoms with Crippen molar-refractivity contribution in [2.24, 2.45) is 5.73 Å². The van der Waals surface area contributed by atoms with Gasteiger partial charge in [0, 0.05) is 25.7 Å². The smallest absolute Gasteiger partial charge is 0.0721 e. The van der Waals surface area contributed by atoms with E-state index in [1.165, 1.54) is 38.9 Å². The summed E-state index contributed by atoms with van der Waals surface area (Å²) in [6.07, 6.45) is 5.74. The SMILES string of the molecule is CCCN1CCC2(CC1)C[C@@H](N)CCO2. The maximum absolute atomic E-state index is 6.04. The van der Waals surface area contributed by atoms with E-state index in [9.17, 15) is 0 Å². The average molecular weight is 212 g/mol. The lowest BCUT2D eigenvalue weighted by molar-refractivity contribution is -0.116. The molecular formula is C12H24N2O. The molecule has 2 N–H and O–H groups in total. The van der Waals surface area contributed by atoms with Gasteiger partial charge in [0.2, 0.25) is 0 Å². The Morgan fingerprint density at radius 2 is 2.13 bits per heavy atom. The van der Waals surface area contributed by atoms with Gasteiger partial charge in [0.1, 0.15) is 0 Å². The number of piperidine rings is 1. The molecule has 0 saturated carbocycles. The van der Waals surface area contributed by atoms with Crippen LogP contribution in [0.1, 0.15) is 39.0 Å². The van der Waals surface area contributed by atoms with Gasteiger partial charge in [0.25, 0.3) is 0 Å². The molecule has 0 unspecified atom stereocenters. The highest BCUT2D eigenvalue weighted by Crippen LogP contribution is 2.34. The van der Waals surface area contributed by atoms with E-state index in [-0.39, 0.29) is 5.60 Å². The molecule has 0 aromatic carbocycles. The predicted molar refractivity (Wildman–Crippen MR) is 61.9 cm³/mol. The van der Waals surface area contributed by atoms with Crippen LogP contribution in [-0.2, 0) is 4.74 Å². The largest absolute Gasteiger partial charge is 0.375 e. The van der Waals surface area contributed by atoms with Crippen molar-refractivity contribution in [3.05, 3.63) is 0 Å². The first-order valence-corrected chi connectivity index (χ1v) is 6.36. The van der Waals surface area contributed by atoms with Gasteiger partial charge in [-0.15, -0.1) is 0 Å². The van der Waals surface area contributed by atoms with Crippen molar-refractivity contribution in [3.8, 4) is 0 Å².